The smallest absolute Gasteiger partial charge is 0.255 e. The number of anilines is 2. The molecule has 110 valence electrons. The number of halogens is 2. The number of nitrogens with two attached hydrogens (primary N) is 1. The van der Waals surface area contributed by atoms with Crippen LogP contribution in [0.4, 0.5) is 11.4 Å². The van der Waals surface area contributed by atoms with E-state index in [1.807, 2.05) is 19.1 Å². The Morgan fingerprint density at radius 3 is 2.33 bits per heavy atom. The molecule has 21 heavy (non-hydrogen) atoms. The van der Waals surface area contributed by atoms with Crippen molar-refractivity contribution >= 4 is 49.1 Å². The molecule has 0 unspecified atom stereocenters. The van der Waals surface area contributed by atoms with Gasteiger partial charge in [0.1, 0.15) is 5.75 Å². The highest BCUT2D eigenvalue weighted by Gasteiger charge is 2.13. The lowest BCUT2D eigenvalue weighted by molar-refractivity contribution is 0.102. The van der Waals surface area contributed by atoms with Gasteiger partial charge in [-0.05, 0) is 74.7 Å². The molecule has 0 bridgehead atoms. The van der Waals surface area contributed by atoms with Crippen molar-refractivity contribution in [3.05, 3.63) is 50.4 Å². The van der Waals surface area contributed by atoms with E-state index in [-0.39, 0.29) is 5.91 Å². The van der Waals surface area contributed by atoms with E-state index in [9.17, 15) is 4.79 Å². The molecule has 0 atom stereocenters. The lowest BCUT2D eigenvalue weighted by Crippen LogP contribution is -2.13. The van der Waals surface area contributed by atoms with E-state index in [0.29, 0.717) is 22.7 Å². The highest BCUT2D eigenvalue weighted by molar-refractivity contribution is 9.11. The molecular weight excluding hydrogens is 400 g/mol. The molecule has 2 aromatic carbocycles. The van der Waals surface area contributed by atoms with E-state index in [1.54, 1.807) is 18.2 Å². The van der Waals surface area contributed by atoms with Crippen molar-refractivity contribution in [1.29, 1.82) is 0 Å². The fourth-order valence-corrected chi connectivity index (χ4v) is 3.49. The fourth-order valence-electron chi connectivity index (χ4n) is 1.88. The number of amides is 1. The third-order valence-corrected chi connectivity index (χ3v) is 4.17. The molecule has 4 nitrogen and oxygen atoms in total. The minimum Gasteiger partial charge on any atom is -0.495 e. The van der Waals surface area contributed by atoms with Crippen LogP contribution in [0.5, 0.6) is 5.75 Å². The number of aryl methyl sites for hydroxylation is 1. The lowest BCUT2D eigenvalue weighted by atomic mass is 10.1. The van der Waals surface area contributed by atoms with E-state index >= 15 is 0 Å². The monoisotopic (exact) mass is 412 g/mol. The second-order valence-corrected chi connectivity index (χ2v) is 6.22. The maximum absolute atomic E-state index is 12.3. The normalized spacial score (nSPS) is 10.3. The highest BCUT2D eigenvalue weighted by Crippen LogP contribution is 2.33. The van der Waals surface area contributed by atoms with Crippen LogP contribution in [-0.4, -0.2) is 13.0 Å². The Labute approximate surface area is 139 Å². The molecule has 0 aliphatic rings. The van der Waals surface area contributed by atoms with E-state index in [1.165, 1.54) is 7.11 Å². The van der Waals surface area contributed by atoms with Gasteiger partial charge < -0.3 is 15.8 Å². The van der Waals surface area contributed by atoms with Gasteiger partial charge in [-0.1, -0.05) is 0 Å². The van der Waals surface area contributed by atoms with Gasteiger partial charge in [0.05, 0.1) is 18.5 Å². The van der Waals surface area contributed by atoms with Gasteiger partial charge in [0.2, 0.25) is 0 Å². The van der Waals surface area contributed by atoms with Crippen molar-refractivity contribution in [3.63, 3.8) is 0 Å². The minimum absolute atomic E-state index is 0.241. The molecule has 2 rings (SSSR count). The molecule has 0 radical (unpaired) electrons. The molecule has 0 spiro atoms. The maximum atomic E-state index is 12.3. The number of rotatable bonds is 3. The van der Waals surface area contributed by atoms with E-state index in [0.717, 1.165) is 14.5 Å². The Hall–Kier alpha value is -1.53. The zero-order valence-corrected chi connectivity index (χ0v) is 14.7. The lowest BCUT2D eigenvalue weighted by Gasteiger charge is -2.12. The van der Waals surface area contributed by atoms with Crippen molar-refractivity contribution in [1.82, 2.24) is 0 Å². The van der Waals surface area contributed by atoms with Crippen LogP contribution in [-0.2, 0) is 0 Å². The van der Waals surface area contributed by atoms with Crippen LogP contribution in [0.15, 0.2) is 39.3 Å². The summed E-state index contributed by atoms with van der Waals surface area (Å²) in [6, 6.07) is 8.79. The molecule has 0 saturated carbocycles. The van der Waals surface area contributed by atoms with Gasteiger partial charge in [-0.2, -0.15) is 0 Å². The number of hydrogen-bond acceptors (Lipinski definition) is 3. The standard InChI is InChI=1S/C15H14Br2N2O2/c1-8-5-10(16)14(11(17)6-8)19-15(20)9-3-4-13(21-2)12(18)7-9/h3-7H,18H2,1-2H3,(H,19,20). The quantitative estimate of drug-likeness (QED) is 0.734. The number of hydrogen-bond donors (Lipinski definition) is 2. The van der Waals surface area contributed by atoms with E-state index in [4.69, 9.17) is 10.5 Å². The SMILES string of the molecule is COc1ccc(C(=O)Nc2c(Br)cc(C)cc2Br)cc1N. The Morgan fingerprint density at radius 2 is 1.81 bits per heavy atom. The Balaban J connectivity index is 2.28. The summed E-state index contributed by atoms with van der Waals surface area (Å²) in [7, 11) is 1.53. The first-order valence-corrected chi connectivity index (χ1v) is 7.71. The number of ether oxygens (including phenoxy) is 1. The second-order valence-electron chi connectivity index (χ2n) is 4.51. The number of nitrogens with one attached hydrogen (secondary N) is 1. The zero-order chi connectivity index (χ0) is 15.6. The Bertz CT molecular complexity index is 679. The van der Waals surface area contributed by atoms with Gasteiger partial charge in [0, 0.05) is 14.5 Å². The van der Waals surface area contributed by atoms with Gasteiger partial charge in [-0.25, -0.2) is 0 Å². The van der Waals surface area contributed by atoms with Crippen molar-refractivity contribution in [2.24, 2.45) is 0 Å². The highest BCUT2D eigenvalue weighted by atomic mass is 79.9. The van der Waals surface area contributed by atoms with Crippen LogP contribution in [0.3, 0.4) is 0 Å². The second kappa shape index (κ2) is 6.49. The van der Waals surface area contributed by atoms with Crippen LogP contribution in [0, 0.1) is 6.92 Å². The number of methoxy groups -OCH3 is 1. The summed E-state index contributed by atoms with van der Waals surface area (Å²) in [5, 5.41) is 2.86. The Morgan fingerprint density at radius 1 is 1.19 bits per heavy atom. The van der Waals surface area contributed by atoms with E-state index < -0.39 is 0 Å². The van der Waals surface area contributed by atoms with Gasteiger partial charge in [0.25, 0.3) is 5.91 Å². The first kappa shape index (κ1) is 15.9. The topological polar surface area (TPSA) is 64.3 Å². The number of nitrogen functional groups attached to an aromatic ring is 1. The van der Waals surface area contributed by atoms with Gasteiger partial charge in [-0.3, -0.25) is 4.79 Å². The molecule has 1 amide bonds. The average Bonchev–Trinajstić information content (AvgIpc) is 2.42. The summed E-state index contributed by atoms with van der Waals surface area (Å²) in [6.45, 7) is 1.98. The van der Waals surface area contributed by atoms with Gasteiger partial charge >= 0.3 is 0 Å². The predicted octanol–water partition coefficient (Wildman–Crippen LogP) is 4.36. The summed E-state index contributed by atoms with van der Waals surface area (Å²) in [5.41, 5.74) is 8.47. The number of carbonyl (C=O) groups excluding carboxylic acids is 1. The summed E-state index contributed by atoms with van der Waals surface area (Å²) in [6.07, 6.45) is 0. The maximum Gasteiger partial charge on any atom is 0.255 e. The molecule has 6 heteroatoms. The van der Waals surface area contributed by atoms with Crippen LogP contribution >= 0.6 is 31.9 Å². The zero-order valence-electron chi connectivity index (χ0n) is 11.5. The molecular formula is C15H14Br2N2O2. The average molecular weight is 414 g/mol. The molecule has 0 aromatic heterocycles. The van der Waals surface area contributed by atoms with Gasteiger partial charge in [0.15, 0.2) is 0 Å². The molecule has 2 aromatic rings. The fraction of sp³-hybridized carbons (Fsp3) is 0.133. The van der Waals surface area contributed by atoms with Crippen molar-refractivity contribution in [2.75, 3.05) is 18.2 Å². The largest absolute Gasteiger partial charge is 0.495 e. The molecule has 0 aliphatic carbocycles. The minimum atomic E-state index is -0.241. The number of benzene rings is 2. The Kier molecular flexibility index (Phi) is 4.90. The third kappa shape index (κ3) is 3.57. The van der Waals surface area contributed by atoms with Crippen LogP contribution in [0.25, 0.3) is 0 Å². The van der Waals surface area contributed by atoms with Crippen LogP contribution in [0.2, 0.25) is 0 Å². The molecule has 0 aliphatic heterocycles. The molecule has 0 heterocycles. The summed E-state index contributed by atoms with van der Waals surface area (Å²) < 4.78 is 6.70. The van der Waals surface area contributed by atoms with Crippen LogP contribution in [0.1, 0.15) is 15.9 Å². The molecule has 3 N–H and O–H groups in total. The summed E-state index contributed by atoms with van der Waals surface area (Å²) in [4.78, 5) is 12.3. The van der Waals surface area contributed by atoms with Crippen molar-refractivity contribution in [2.45, 2.75) is 6.92 Å². The van der Waals surface area contributed by atoms with Crippen LogP contribution < -0.4 is 15.8 Å². The molecule has 0 saturated heterocycles. The summed E-state index contributed by atoms with van der Waals surface area (Å²) in [5.74, 6) is 0.304. The van der Waals surface area contributed by atoms with Crippen molar-refractivity contribution < 1.29 is 9.53 Å². The van der Waals surface area contributed by atoms with Crippen molar-refractivity contribution in [3.8, 4) is 5.75 Å². The summed E-state index contributed by atoms with van der Waals surface area (Å²) >= 11 is 6.89. The third-order valence-electron chi connectivity index (χ3n) is 2.92. The van der Waals surface area contributed by atoms with E-state index in [2.05, 4.69) is 37.2 Å². The first-order valence-electron chi connectivity index (χ1n) is 6.13. The van der Waals surface area contributed by atoms with Gasteiger partial charge in [-0.15, -0.1) is 0 Å². The first-order chi connectivity index (χ1) is 9.92. The molecule has 0 fully saturated rings. The predicted molar refractivity (Wildman–Crippen MR) is 91.9 cm³/mol. The number of carbonyl (C=O) groups is 1.